The molecule has 1 aromatic heterocycles. The lowest BCUT2D eigenvalue weighted by atomic mass is 10.0. The molecular weight excluding hydrogens is 530 g/mol. The van der Waals surface area contributed by atoms with Gasteiger partial charge < -0.3 is 33.7 Å². The molecule has 2 aromatic carbocycles. The molecule has 1 saturated heterocycles. The molecule has 5 rings (SSSR count). The van der Waals surface area contributed by atoms with Crippen LogP contribution in [0.15, 0.2) is 47.0 Å². The predicted molar refractivity (Wildman–Crippen MR) is 147 cm³/mol. The van der Waals surface area contributed by atoms with Gasteiger partial charge in [0.25, 0.3) is 11.8 Å². The number of carbonyl (C=O) groups excluding carboxylic acids is 2. The summed E-state index contributed by atoms with van der Waals surface area (Å²) in [4.78, 5) is 34.4. The van der Waals surface area contributed by atoms with Crippen molar-refractivity contribution in [2.75, 3.05) is 40.4 Å². The van der Waals surface area contributed by atoms with Crippen molar-refractivity contribution >= 4 is 11.8 Å². The summed E-state index contributed by atoms with van der Waals surface area (Å²) in [6.45, 7) is 4.48. The normalized spacial score (nSPS) is 20.2. The van der Waals surface area contributed by atoms with Crippen molar-refractivity contribution in [1.82, 2.24) is 25.3 Å². The summed E-state index contributed by atoms with van der Waals surface area (Å²) in [5.41, 5.74) is 1.29. The molecule has 4 bridgehead atoms. The number of ether oxygens (including phenoxy) is 4. The van der Waals surface area contributed by atoms with E-state index in [0.29, 0.717) is 67.3 Å². The van der Waals surface area contributed by atoms with Gasteiger partial charge in [0.15, 0.2) is 5.82 Å². The van der Waals surface area contributed by atoms with E-state index < -0.39 is 0 Å². The quantitative estimate of drug-likeness (QED) is 0.476. The van der Waals surface area contributed by atoms with E-state index in [2.05, 4.69) is 20.4 Å². The fourth-order valence-corrected chi connectivity index (χ4v) is 5.02. The molecule has 0 saturated carbocycles. The van der Waals surface area contributed by atoms with Crippen molar-refractivity contribution in [2.45, 2.75) is 45.2 Å². The van der Waals surface area contributed by atoms with Crippen LogP contribution in [0.2, 0.25) is 0 Å². The van der Waals surface area contributed by atoms with Gasteiger partial charge in [0.1, 0.15) is 23.9 Å². The van der Waals surface area contributed by atoms with Gasteiger partial charge in [-0.2, -0.15) is 4.98 Å². The molecule has 2 aliphatic rings. The van der Waals surface area contributed by atoms with Gasteiger partial charge in [0, 0.05) is 38.9 Å². The highest BCUT2D eigenvalue weighted by atomic mass is 16.5. The molecule has 1 fully saturated rings. The summed E-state index contributed by atoms with van der Waals surface area (Å²) in [6.07, 6.45) is 0.452. The third kappa shape index (κ3) is 7.40. The maximum absolute atomic E-state index is 13.3. The summed E-state index contributed by atoms with van der Waals surface area (Å²) in [5, 5.41) is 7.14. The average molecular weight is 566 g/mol. The fraction of sp³-hybridized carbons (Fsp3) is 0.448. The molecule has 2 aliphatic heterocycles. The molecule has 1 N–H and O–H groups in total. The summed E-state index contributed by atoms with van der Waals surface area (Å²) in [7, 11) is 3.16. The van der Waals surface area contributed by atoms with Crippen LogP contribution >= 0.6 is 0 Å². The number of piperidine rings is 1. The van der Waals surface area contributed by atoms with Crippen LogP contribution in [0.4, 0.5) is 0 Å². The number of fused-ring (bicyclic) bond motifs is 5. The lowest BCUT2D eigenvalue weighted by Gasteiger charge is -2.38. The van der Waals surface area contributed by atoms with Gasteiger partial charge in [-0.05, 0) is 43.2 Å². The van der Waals surface area contributed by atoms with Crippen LogP contribution in [0.3, 0.4) is 0 Å². The first-order valence-electron chi connectivity index (χ1n) is 13.6. The Morgan fingerprint density at radius 3 is 2.85 bits per heavy atom. The van der Waals surface area contributed by atoms with Crippen LogP contribution in [0.5, 0.6) is 17.2 Å². The van der Waals surface area contributed by atoms with Gasteiger partial charge in [-0.25, -0.2) is 0 Å². The third-order valence-electron chi connectivity index (χ3n) is 6.89. The Balaban J connectivity index is 1.38. The topological polar surface area (TPSA) is 128 Å². The second kappa shape index (κ2) is 13.1. The monoisotopic (exact) mass is 565 g/mol. The Morgan fingerprint density at radius 2 is 2.02 bits per heavy atom. The highest BCUT2D eigenvalue weighted by molar-refractivity contribution is 5.97. The summed E-state index contributed by atoms with van der Waals surface area (Å²) < 4.78 is 28.4. The molecule has 0 spiro atoms. The number of nitrogens with one attached hydrogen (secondary N) is 1. The minimum atomic E-state index is -0.325. The van der Waals surface area contributed by atoms with E-state index in [1.165, 1.54) is 4.90 Å². The Labute approximate surface area is 238 Å². The molecule has 3 aromatic rings. The summed E-state index contributed by atoms with van der Waals surface area (Å²) >= 11 is 0. The molecule has 0 radical (unpaired) electrons. The molecule has 0 unspecified atom stereocenters. The van der Waals surface area contributed by atoms with Crippen LogP contribution in [-0.2, 0) is 34.0 Å². The molecule has 2 atom stereocenters. The lowest BCUT2D eigenvalue weighted by Crippen LogP contribution is -2.57. The van der Waals surface area contributed by atoms with Crippen molar-refractivity contribution in [1.29, 1.82) is 0 Å². The smallest absolute Gasteiger partial charge is 0.254 e. The number of amides is 2. The summed E-state index contributed by atoms with van der Waals surface area (Å²) in [6, 6.07) is 12.4. The number of likely N-dealkylation sites (tertiary alicyclic amines) is 1. The van der Waals surface area contributed by atoms with E-state index in [1.54, 1.807) is 32.4 Å². The van der Waals surface area contributed by atoms with Gasteiger partial charge in [-0.15, -0.1) is 0 Å². The van der Waals surface area contributed by atoms with Crippen molar-refractivity contribution in [3.05, 3.63) is 65.3 Å². The lowest BCUT2D eigenvalue weighted by molar-refractivity contribution is -0.125. The number of hydrogen-bond acceptors (Lipinski definition) is 10. The van der Waals surface area contributed by atoms with Crippen molar-refractivity contribution in [2.24, 2.45) is 0 Å². The number of aromatic nitrogens is 2. The van der Waals surface area contributed by atoms with Gasteiger partial charge in [-0.3, -0.25) is 14.5 Å². The Hall–Kier alpha value is -4.00. The molecule has 12 nitrogen and oxygen atoms in total. The first-order valence-corrected chi connectivity index (χ1v) is 13.6. The zero-order valence-corrected chi connectivity index (χ0v) is 23.5. The minimum absolute atomic E-state index is 0.124. The molecule has 2 amide bonds. The van der Waals surface area contributed by atoms with E-state index in [9.17, 15) is 9.59 Å². The second-order valence-corrected chi connectivity index (χ2v) is 10.1. The number of methoxy groups -OCH3 is 1. The maximum Gasteiger partial charge on any atom is 0.254 e. The molecule has 218 valence electrons. The first kappa shape index (κ1) is 28.5. The number of hydrogen-bond donors (Lipinski definition) is 1. The van der Waals surface area contributed by atoms with Crippen LogP contribution in [0.1, 0.15) is 41.0 Å². The molecule has 41 heavy (non-hydrogen) atoms. The predicted octanol–water partition coefficient (Wildman–Crippen LogP) is 2.77. The van der Waals surface area contributed by atoms with Crippen LogP contribution in [0.25, 0.3) is 0 Å². The van der Waals surface area contributed by atoms with E-state index in [0.717, 1.165) is 12.1 Å². The molecule has 0 aliphatic carbocycles. The molecular formula is C29H35N5O7. The Bertz CT molecular complexity index is 1360. The third-order valence-corrected chi connectivity index (χ3v) is 6.89. The van der Waals surface area contributed by atoms with Crippen molar-refractivity contribution < 1.29 is 33.1 Å². The van der Waals surface area contributed by atoms with Gasteiger partial charge in [0.2, 0.25) is 5.91 Å². The van der Waals surface area contributed by atoms with E-state index in [1.807, 2.05) is 31.2 Å². The Morgan fingerprint density at radius 1 is 1.15 bits per heavy atom. The van der Waals surface area contributed by atoms with Crippen LogP contribution in [0, 0.1) is 0 Å². The highest BCUT2D eigenvalue weighted by Gasteiger charge is 2.32. The number of benzene rings is 2. The van der Waals surface area contributed by atoms with Crippen LogP contribution < -0.4 is 14.8 Å². The zero-order chi connectivity index (χ0) is 28.8. The largest absolute Gasteiger partial charge is 0.494 e. The number of nitrogens with zero attached hydrogens (tertiary/aromatic N) is 4. The molecule has 12 heteroatoms. The SMILES string of the molecule is CCOc1cc2cc(c1)C(=O)N(C)CC(=O)N[C@H]1CN(Cc3noc(COC)n3)CC[C@H]1OCc1cccc(c1)O2. The van der Waals surface area contributed by atoms with Crippen LogP contribution in [-0.4, -0.2) is 84.3 Å². The Kier molecular flexibility index (Phi) is 9.12. The van der Waals surface area contributed by atoms with Crippen molar-refractivity contribution in [3.8, 4) is 17.2 Å². The number of likely N-dealkylation sites (N-methyl/N-ethyl adjacent to an activating group) is 1. The number of carbonyl (C=O) groups is 2. The number of rotatable bonds is 6. The van der Waals surface area contributed by atoms with E-state index in [-0.39, 0.29) is 37.1 Å². The van der Waals surface area contributed by atoms with E-state index in [4.69, 9.17) is 23.5 Å². The minimum Gasteiger partial charge on any atom is -0.494 e. The fourth-order valence-electron chi connectivity index (χ4n) is 5.02. The summed E-state index contributed by atoms with van der Waals surface area (Å²) in [5.74, 6) is 1.94. The first-order chi connectivity index (χ1) is 19.9. The van der Waals surface area contributed by atoms with Crippen molar-refractivity contribution in [3.63, 3.8) is 0 Å². The van der Waals surface area contributed by atoms with E-state index >= 15 is 0 Å². The molecule has 3 heterocycles. The van der Waals surface area contributed by atoms with Gasteiger partial charge in [-0.1, -0.05) is 17.3 Å². The van der Waals surface area contributed by atoms with Gasteiger partial charge >= 0.3 is 0 Å². The van der Waals surface area contributed by atoms with Gasteiger partial charge in [0.05, 0.1) is 38.4 Å². The second-order valence-electron chi connectivity index (χ2n) is 10.1. The zero-order valence-electron chi connectivity index (χ0n) is 23.5. The highest BCUT2D eigenvalue weighted by Crippen LogP contribution is 2.29. The standard InChI is InChI=1S/C29H35N5O7/c1-4-38-22-11-20-12-23(13-22)40-21-7-5-6-19(10-21)17-39-25-8-9-34(15-26-31-28(18-37-3)41-32-26)14-24(25)30-27(35)16-33(2)29(20)36/h5-7,10-13,24-25H,4,8-9,14-18H2,1-3H3,(H,30,35)/t24-,25+/m0/s1. The average Bonchev–Trinajstić information content (AvgIpc) is 3.38. The maximum atomic E-state index is 13.3.